The Balaban J connectivity index is 2.12. The van der Waals surface area contributed by atoms with Gasteiger partial charge in [-0.25, -0.2) is 0 Å². The van der Waals surface area contributed by atoms with Crippen molar-refractivity contribution in [3.05, 3.63) is 24.3 Å². The topological polar surface area (TPSA) is 46.3 Å². The maximum Gasteiger partial charge on any atom is 0.238 e. The van der Waals surface area contributed by atoms with Gasteiger partial charge in [-0.1, -0.05) is 38.3 Å². The lowest BCUT2D eigenvalue weighted by molar-refractivity contribution is -0.115. The van der Waals surface area contributed by atoms with Crippen LogP contribution in [0.5, 0.6) is 0 Å². The minimum Gasteiger partial charge on any atom is -0.397 e. The van der Waals surface area contributed by atoms with E-state index < -0.39 is 0 Å². The Morgan fingerprint density at radius 1 is 1.39 bits per heavy atom. The first-order chi connectivity index (χ1) is 8.74. The SMILES string of the molecule is CCCCCC1SCC(=O)N1c1ccccc1N. The number of carbonyl (C=O) groups is 1. The zero-order chi connectivity index (χ0) is 13.0. The van der Waals surface area contributed by atoms with Crippen LogP contribution in [0.2, 0.25) is 0 Å². The van der Waals surface area contributed by atoms with E-state index in [9.17, 15) is 4.79 Å². The number of hydrogen-bond donors (Lipinski definition) is 1. The van der Waals surface area contributed by atoms with Gasteiger partial charge in [0.2, 0.25) is 5.91 Å². The van der Waals surface area contributed by atoms with Crippen LogP contribution in [-0.2, 0) is 4.79 Å². The van der Waals surface area contributed by atoms with Crippen LogP contribution in [0.25, 0.3) is 0 Å². The molecule has 0 saturated carbocycles. The molecule has 18 heavy (non-hydrogen) atoms. The lowest BCUT2D eigenvalue weighted by Gasteiger charge is -2.25. The third-order valence-corrected chi connectivity index (χ3v) is 4.45. The second-order valence-corrected chi connectivity index (χ2v) is 5.75. The third-order valence-electron chi connectivity index (χ3n) is 3.21. The van der Waals surface area contributed by atoms with E-state index in [1.54, 1.807) is 11.8 Å². The Bertz CT molecular complexity index is 422. The molecule has 0 spiro atoms. The smallest absolute Gasteiger partial charge is 0.238 e. The van der Waals surface area contributed by atoms with Crippen molar-refractivity contribution in [2.45, 2.75) is 38.0 Å². The standard InChI is InChI=1S/C14H20N2OS/c1-2-3-4-9-14-16(13(17)10-18-14)12-8-6-5-7-11(12)15/h5-8,14H,2-4,9-10,15H2,1H3. The maximum absolute atomic E-state index is 12.0. The molecule has 0 radical (unpaired) electrons. The summed E-state index contributed by atoms with van der Waals surface area (Å²) in [4.78, 5) is 13.9. The molecule has 98 valence electrons. The molecule has 2 N–H and O–H groups in total. The molecule has 1 aliphatic rings. The largest absolute Gasteiger partial charge is 0.397 e. The highest BCUT2D eigenvalue weighted by Gasteiger charge is 2.33. The normalized spacial score (nSPS) is 19.5. The van der Waals surface area contributed by atoms with Crippen molar-refractivity contribution in [1.82, 2.24) is 0 Å². The Labute approximate surface area is 113 Å². The van der Waals surface area contributed by atoms with Crippen LogP contribution in [0, 0.1) is 0 Å². The summed E-state index contributed by atoms with van der Waals surface area (Å²) in [6, 6.07) is 7.63. The Morgan fingerprint density at radius 3 is 2.89 bits per heavy atom. The van der Waals surface area contributed by atoms with Gasteiger partial charge in [-0.15, -0.1) is 11.8 Å². The monoisotopic (exact) mass is 264 g/mol. The first kappa shape index (κ1) is 13.3. The number of amides is 1. The third kappa shape index (κ3) is 2.80. The zero-order valence-corrected chi connectivity index (χ0v) is 11.6. The first-order valence-corrected chi connectivity index (χ1v) is 7.57. The summed E-state index contributed by atoms with van der Waals surface area (Å²) in [6.45, 7) is 2.19. The second-order valence-electron chi connectivity index (χ2n) is 4.58. The van der Waals surface area contributed by atoms with Crippen LogP contribution in [-0.4, -0.2) is 17.0 Å². The molecule has 1 fully saturated rings. The van der Waals surface area contributed by atoms with Gasteiger partial charge in [-0.3, -0.25) is 9.69 Å². The fourth-order valence-corrected chi connectivity index (χ4v) is 3.44. The molecule has 1 heterocycles. The highest BCUT2D eigenvalue weighted by atomic mass is 32.2. The van der Waals surface area contributed by atoms with Crippen molar-refractivity contribution in [2.24, 2.45) is 0 Å². The Kier molecular flexibility index (Phi) is 4.53. The summed E-state index contributed by atoms with van der Waals surface area (Å²) in [7, 11) is 0. The maximum atomic E-state index is 12.0. The molecular formula is C14H20N2OS. The van der Waals surface area contributed by atoms with Crippen LogP contribution in [0.3, 0.4) is 0 Å². The van der Waals surface area contributed by atoms with Crippen LogP contribution in [0.1, 0.15) is 32.6 Å². The van der Waals surface area contributed by atoms with Crippen molar-refractivity contribution in [3.8, 4) is 0 Å². The molecule has 2 rings (SSSR count). The van der Waals surface area contributed by atoms with Crippen LogP contribution >= 0.6 is 11.8 Å². The molecule has 0 aromatic heterocycles. The average Bonchev–Trinajstić information content (AvgIpc) is 2.72. The summed E-state index contributed by atoms with van der Waals surface area (Å²) < 4.78 is 0. The van der Waals surface area contributed by atoms with Crippen molar-refractivity contribution in [3.63, 3.8) is 0 Å². The van der Waals surface area contributed by atoms with E-state index in [2.05, 4.69) is 6.92 Å². The molecule has 0 bridgehead atoms. The molecule has 3 nitrogen and oxygen atoms in total. The fourth-order valence-electron chi connectivity index (χ4n) is 2.25. The van der Waals surface area contributed by atoms with E-state index in [4.69, 9.17) is 5.73 Å². The average molecular weight is 264 g/mol. The van der Waals surface area contributed by atoms with E-state index in [1.807, 2.05) is 29.2 Å². The molecule has 4 heteroatoms. The Morgan fingerprint density at radius 2 is 2.17 bits per heavy atom. The van der Waals surface area contributed by atoms with E-state index in [0.29, 0.717) is 11.4 Å². The van der Waals surface area contributed by atoms with E-state index in [1.165, 1.54) is 19.3 Å². The number of rotatable bonds is 5. The van der Waals surface area contributed by atoms with Crippen molar-refractivity contribution >= 4 is 29.0 Å². The number of thioether (sulfide) groups is 1. The first-order valence-electron chi connectivity index (χ1n) is 6.52. The number of para-hydroxylation sites is 2. The molecule has 1 aromatic carbocycles. The molecular weight excluding hydrogens is 244 g/mol. The number of carbonyl (C=O) groups excluding carboxylic acids is 1. The number of nitrogens with two attached hydrogens (primary N) is 1. The number of nitrogens with zero attached hydrogens (tertiary/aromatic N) is 1. The van der Waals surface area contributed by atoms with Crippen LogP contribution in [0.15, 0.2) is 24.3 Å². The molecule has 1 saturated heterocycles. The van der Waals surface area contributed by atoms with E-state index in [-0.39, 0.29) is 11.3 Å². The number of unbranched alkanes of at least 4 members (excludes halogenated alkanes) is 2. The Hall–Kier alpha value is -1.16. The van der Waals surface area contributed by atoms with Crippen LogP contribution < -0.4 is 10.6 Å². The fraction of sp³-hybridized carbons (Fsp3) is 0.500. The summed E-state index contributed by atoms with van der Waals surface area (Å²) in [5.41, 5.74) is 7.53. The predicted molar refractivity (Wildman–Crippen MR) is 78.7 cm³/mol. The van der Waals surface area contributed by atoms with Gasteiger partial charge < -0.3 is 5.73 Å². The van der Waals surface area contributed by atoms with Gasteiger partial charge in [-0.05, 0) is 18.6 Å². The van der Waals surface area contributed by atoms with Gasteiger partial charge >= 0.3 is 0 Å². The van der Waals surface area contributed by atoms with Gasteiger partial charge in [-0.2, -0.15) is 0 Å². The minimum atomic E-state index is 0.180. The predicted octanol–water partition coefficient (Wildman–Crippen LogP) is 3.26. The van der Waals surface area contributed by atoms with Crippen molar-refractivity contribution in [1.29, 1.82) is 0 Å². The molecule has 1 amide bonds. The summed E-state index contributed by atoms with van der Waals surface area (Å²) in [6.07, 6.45) is 4.66. The zero-order valence-electron chi connectivity index (χ0n) is 10.8. The number of hydrogen-bond acceptors (Lipinski definition) is 3. The van der Waals surface area contributed by atoms with Gasteiger partial charge in [0.15, 0.2) is 0 Å². The molecule has 1 aromatic rings. The molecule has 0 aliphatic carbocycles. The molecule has 1 unspecified atom stereocenters. The summed E-state index contributed by atoms with van der Waals surface area (Å²) in [5, 5.41) is 0.258. The van der Waals surface area contributed by atoms with Gasteiger partial charge in [0, 0.05) is 0 Å². The van der Waals surface area contributed by atoms with Gasteiger partial charge in [0.25, 0.3) is 0 Å². The van der Waals surface area contributed by atoms with Crippen molar-refractivity contribution < 1.29 is 4.79 Å². The van der Waals surface area contributed by atoms with E-state index in [0.717, 1.165) is 12.1 Å². The lowest BCUT2D eigenvalue weighted by atomic mass is 10.1. The highest BCUT2D eigenvalue weighted by molar-refractivity contribution is 8.01. The lowest BCUT2D eigenvalue weighted by Crippen LogP contribution is -2.33. The summed E-state index contributed by atoms with van der Waals surface area (Å²) >= 11 is 1.73. The van der Waals surface area contributed by atoms with Gasteiger partial charge in [0.1, 0.15) is 0 Å². The second kappa shape index (κ2) is 6.14. The highest BCUT2D eigenvalue weighted by Crippen LogP contribution is 2.36. The molecule has 1 aliphatic heterocycles. The number of nitrogen functional groups attached to an aromatic ring is 1. The van der Waals surface area contributed by atoms with Gasteiger partial charge in [0.05, 0.1) is 22.5 Å². The number of benzene rings is 1. The summed E-state index contributed by atoms with van der Waals surface area (Å²) in [5.74, 6) is 0.755. The minimum absolute atomic E-state index is 0.180. The molecule has 1 atom stereocenters. The number of anilines is 2. The van der Waals surface area contributed by atoms with Crippen molar-refractivity contribution in [2.75, 3.05) is 16.4 Å². The quantitative estimate of drug-likeness (QED) is 0.656. The van der Waals surface area contributed by atoms with Crippen LogP contribution in [0.4, 0.5) is 11.4 Å². The van der Waals surface area contributed by atoms with E-state index >= 15 is 0 Å².